The molecule has 8 heteroatoms. The van der Waals surface area contributed by atoms with Gasteiger partial charge in [-0.1, -0.05) is 24.4 Å². The first kappa shape index (κ1) is 17.9. The van der Waals surface area contributed by atoms with Gasteiger partial charge in [0, 0.05) is 32.1 Å². The second-order valence-corrected chi connectivity index (χ2v) is 7.01. The highest BCUT2D eigenvalue weighted by atomic mass is 32.1. The molecular formula is C15H23N5OS2. The van der Waals surface area contributed by atoms with Crippen LogP contribution in [-0.2, 0) is 4.79 Å². The van der Waals surface area contributed by atoms with E-state index < -0.39 is 5.92 Å². The number of carbonyl (C=O) groups excluding carboxylic acids is 1. The van der Waals surface area contributed by atoms with Gasteiger partial charge in [-0.05, 0) is 32.6 Å². The van der Waals surface area contributed by atoms with Crippen LogP contribution in [0.3, 0.4) is 0 Å². The van der Waals surface area contributed by atoms with E-state index in [0.29, 0.717) is 17.5 Å². The molecule has 0 bridgehead atoms. The molecule has 0 heterocycles. The van der Waals surface area contributed by atoms with E-state index in [4.69, 9.17) is 29.8 Å². The van der Waals surface area contributed by atoms with Crippen molar-refractivity contribution in [2.75, 3.05) is 14.1 Å². The fourth-order valence-corrected chi connectivity index (χ4v) is 2.78. The zero-order valence-electron chi connectivity index (χ0n) is 13.7. The highest BCUT2D eigenvalue weighted by Crippen LogP contribution is 2.32. The summed E-state index contributed by atoms with van der Waals surface area (Å²) in [5.74, 6) is -0.215. The molecule has 2 fully saturated rings. The number of hydrogen-bond acceptors (Lipinski definition) is 5. The fraction of sp³-hybridized carbons (Fsp3) is 0.667. The van der Waals surface area contributed by atoms with Crippen LogP contribution in [0.5, 0.6) is 0 Å². The van der Waals surface area contributed by atoms with Gasteiger partial charge in [-0.25, -0.2) is 0 Å². The van der Waals surface area contributed by atoms with Crippen LogP contribution in [0.4, 0.5) is 0 Å². The number of hydrazine groups is 1. The molecule has 23 heavy (non-hydrogen) atoms. The predicted molar refractivity (Wildman–Crippen MR) is 99.7 cm³/mol. The molecule has 0 spiro atoms. The molecule has 2 N–H and O–H groups in total. The maximum Gasteiger partial charge on any atom is 0.252 e. The average molecular weight is 354 g/mol. The molecule has 2 aliphatic rings. The van der Waals surface area contributed by atoms with Gasteiger partial charge in [0.05, 0.1) is 10.7 Å². The molecule has 1 atom stereocenters. The van der Waals surface area contributed by atoms with Crippen LogP contribution in [0.2, 0.25) is 0 Å². The molecule has 126 valence electrons. The van der Waals surface area contributed by atoms with E-state index >= 15 is 0 Å². The van der Waals surface area contributed by atoms with Crippen molar-refractivity contribution in [3.8, 4) is 0 Å². The Balaban J connectivity index is 1.95. The molecular weight excluding hydrogens is 330 g/mol. The van der Waals surface area contributed by atoms with Crippen LogP contribution in [-0.4, -0.2) is 51.9 Å². The first-order valence-electron chi connectivity index (χ1n) is 7.76. The number of carbonyl (C=O) groups is 1. The number of nitrogens with zero attached hydrogens (tertiary/aromatic N) is 3. The monoisotopic (exact) mass is 353 g/mol. The number of nitrogens with one attached hydrogen (secondary N) is 2. The molecule has 0 saturated heterocycles. The molecule has 1 amide bonds. The minimum absolute atomic E-state index is 0.308. The SMILES string of the molecule is C/C(=N/N(C)C(=S)C1CC1)C(C=N)C(=O)NN(C)C(=S)C1CC1. The van der Waals surface area contributed by atoms with Crippen LogP contribution in [0.1, 0.15) is 32.6 Å². The molecule has 0 aliphatic heterocycles. The van der Waals surface area contributed by atoms with Crippen LogP contribution >= 0.6 is 24.4 Å². The molecule has 0 aromatic carbocycles. The number of hydrazone groups is 1. The average Bonchev–Trinajstić information content (AvgIpc) is 3.39. The molecule has 2 aliphatic carbocycles. The molecule has 1 unspecified atom stereocenters. The van der Waals surface area contributed by atoms with Gasteiger partial charge in [-0.15, -0.1) is 0 Å². The van der Waals surface area contributed by atoms with Crippen molar-refractivity contribution in [2.24, 2.45) is 22.9 Å². The number of hydrogen-bond donors (Lipinski definition) is 2. The summed E-state index contributed by atoms with van der Waals surface area (Å²) in [4.78, 5) is 13.9. The van der Waals surface area contributed by atoms with Crippen molar-refractivity contribution < 1.29 is 4.79 Å². The second-order valence-electron chi connectivity index (χ2n) is 6.17. The van der Waals surface area contributed by atoms with Crippen LogP contribution in [0, 0.1) is 23.2 Å². The van der Waals surface area contributed by atoms with Gasteiger partial charge in [0.2, 0.25) is 0 Å². The zero-order chi connectivity index (χ0) is 17.1. The largest absolute Gasteiger partial charge is 0.312 e. The lowest BCUT2D eigenvalue weighted by Crippen LogP contribution is -2.47. The lowest BCUT2D eigenvalue weighted by molar-refractivity contribution is -0.124. The quantitative estimate of drug-likeness (QED) is 0.434. The number of thiocarbonyl (C=S) groups is 2. The fourth-order valence-electron chi connectivity index (χ4n) is 2.22. The van der Waals surface area contributed by atoms with Crippen molar-refractivity contribution in [1.82, 2.24) is 15.4 Å². The van der Waals surface area contributed by atoms with Crippen LogP contribution in [0.15, 0.2) is 5.10 Å². The first-order chi connectivity index (χ1) is 10.8. The van der Waals surface area contributed by atoms with E-state index in [9.17, 15) is 4.79 Å². The predicted octanol–water partition coefficient (Wildman–Crippen LogP) is 2.00. The summed E-state index contributed by atoms with van der Waals surface area (Å²) in [5, 5.41) is 15.1. The van der Waals surface area contributed by atoms with E-state index in [-0.39, 0.29) is 5.91 Å². The molecule has 2 saturated carbocycles. The van der Waals surface area contributed by atoms with Gasteiger partial charge >= 0.3 is 0 Å². The van der Waals surface area contributed by atoms with Crippen molar-refractivity contribution in [3.63, 3.8) is 0 Å². The topological polar surface area (TPSA) is 71.8 Å². The lowest BCUT2D eigenvalue weighted by atomic mass is 10.1. The Morgan fingerprint density at radius 2 is 1.74 bits per heavy atom. The summed E-state index contributed by atoms with van der Waals surface area (Å²) in [5.41, 5.74) is 3.28. The van der Waals surface area contributed by atoms with E-state index in [1.165, 1.54) is 0 Å². The zero-order valence-corrected chi connectivity index (χ0v) is 15.3. The Hall–Kier alpha value is -1.41. The number of amides is 1. The van der Waals surface area contributed by atoms with Gasteiger partial charge < -0.3 is 5.41 Å². The summed E-state index contributed by atoms with van der Waals surface area (Å²) in [7, 11) is 3.53. The number of rotatable bonds is 6. The summed E-state index contributed by atoms with van der Waals surface area (Å²) in [6, 6.07) is 0. The summed E-state index contributed by atoms with van der Waals surface area (Å²) in [6.45, 7) is 1.74. The van der Waals surface area contributed by atoms with E-state index in [1.807, 2.05) is 0 Å². The van der Waals surface area contributed by atoms with Crippen LogP contribution < -0.4 is 5.43 Å². The first-order valence-corrected chi connectivity index (χ1v) is 8.58. The van der Waals surface area contributed by atoms with Gasteiger partial charge in [0.25, 0.3) is 5.91 Å². The molecule has 6 nitrogen and oxygen atoms in total. The maximum absolute atomic E-state index is 12.4. The smallest absolute Gasteiger partial charge is 0.252 e. The third kappa shape index (κ3) is 4.78. The minimum Gasteiger partial charge on any atom is -0.312 e. The Labute approximate surface area is 147 Å². The van der Waals surface area contributed by atoms with Crippen molar-refractivity contribution in [2.45, 2.75) is 32.6 Å². The van der Waals surface area contributed by atoms with Gasteiger partial charge in [0.1, 0.15) is 10.9 Å². The van der Waals surface area contributed by atoms with Gasteiger partial charge in [-0.2, -0.15) is 5.10 Å². The summed E-state index contributed by atoms with van der Waals surface area (Å²) < 4.78 is 0. The molecule has 2 rings (SSSR count). The minimum atomic E-state index is -0.732. The summed E-state index contributed by atoms with van der Waals surface area (Å²) in [6.07, 6.45) is 5.47. The standard InChI is InChI=1S/C15H23N5OS2/c1-9(17-19(2)14(22)10-4-5-10)12(8-16)13(21)18-20(3)15(23)11-6-7-11/h8,10-12,16H,4-7H2,1-3H3,(H,18,21)/b16-8?,17-9-. The molecule has 0 aromatic rings. The highest BCUT2D eigenvalue weighted by molar-refractivity contribution is 7.80. The lowest BCUT2D eigenvalue weighted by Gasteiger charge is -2.23. The maximum atomic E-state index is 12.4. The third-order valence-corrected chi connectivity index (χ3v) is 5.19. The molecule has 0 radical (unpaired) electrons. The Morgan fingerprint density at radius 1 is 1.22 bits per heavy atom. The van der Waals surface area contributed by atoms with Crippen molar-refractivity contribution in [3.05, 3.63) is 0 Å². The van der Waals surface area contributed by atoms with E-state index in [1.54, 1.807) is 31.0 Å². The Kier molecular flexibility index (Phi) is 5.80. The van der Waals surface area contributed by atoms with Crippen LogP contribution in [0.25, 0.3) is 0 Å². The normalized spacial score (nSPS) is 18.8. The highest BCUT2D eigenvalue weighted by Gasteiger charge is 2.31. The third-order valence-electron chi connectivity index (χ3n) is 3.99. The van der Waals surface area contributed by atoms with Crippen molar-refractivity contribution >= 4 is 52.2 Å². The van der Waals surface area contributed by atoms with Crippen molar-refractivity contribution in [1.29, 1.82) is 5.41 Å². The molecule has 0 aromatic heterocycles. The second kappa shape index (κ2) is 7.44. The van der Waals surface area contributed by atoms with Gasteiger partial charge in [0.15, 0.2) is 0 Å². The Morgan fingerprint density at radius 3 is 2.22 bits per heavy atom. The van der Waals surface area contributed by atoms with Gasteiger partial charge in [-0.3, -0.25) is 20.2 Å². The summed E-state index contributed by atoms with van der Waals surface area (Å²) >= 11 is 10.7. The van der Waals surface area contributed by atoms with E-state index in [2.05, 4.69) is 10.5 Å². The Bertz CT molecular complexity index is 554. The van der Waals surface area contributed by atoms with E-state index in [0.717, 1.165) is 41.9 Å².